The summed E-state index contributed by atoms with van der Waals surface area (Å²) in [5.74, 6) is 2.39. The van der Waals surface area contributed by atoms with Gasteiger partial charge in [-0.3, -0.25) is 0 Å². The number of benzene rings is 1. The summed E-state index contributed by atoms with van der Waals surface area (Å²) < 4.78 is 1.88. The zero-order valence-corrected chi connectivity index (χ0v) is 20.8. The molecule has 1 aromatic carbocycles. The Kier molecular flexibility index (Phi) is 8.06. The molecule has 1 fully saturated rings. The van der Waals surface area contributed by atoms with Crippen molar-refractivity contribution in [1.82, 2.24) is 25.0 Å². The number of likely N-dealkylation sites (tertiary alicyclic amines) is 1. The first-order valence-electron chi connectivity index (χ1n) is 10.7. The van der Waals surface area contributed by atoms with Gasteiger partial charge in [0.25, 0.3) is 0 Å². The van der Waals surface area contributed by atoms with Crippen LogP contribution in [0.1, 0.15) is 41.8 Å². The Morgan fingerprint density at radius 2 is 1.97 bits per heavy atom. The van der Waals surface area contributed by atoms with Crippen LogP contribution in [-0.4, -0.2) is 45.3 Å². The fourth-order valence-corrected chi connectivity index (χ4v) is 4.04. The monoisotopic (exact) mass is 530 g/mol. The number of halogens is 1. The van der Waals surface area contributed by atoms with Gasteiger partial charge in [-0.25, -0.2) is 14.7 Å². The number of nitrogens with one attached hydrogen (secondary N) is 1. The smallest absolute Gasteiger partial charge is 0.194 e. The van der Waals surface area contributed by atoms with Crippen molar-refractivity contribution in [1.29, 1.82) is 0 Å². The number of pyridine rings is 1. The van der Waals surface area contributed by atoms with E-state index in [4.69, 9.17) is 4.99 Å². The molecule has 0 aliphatic carbocycles. The van der Waals surface area contributed by atoms with Gasteiger partial charge in [-0.2, -0.15) is 5.10 Å². The lowest BCUT2D eigenvalue weighted by atomic mass is 9.99. The topological polar surface area (TPSA) is 58.3 Å². The molecule has 1 aliphatic heterocycles. The van der Waals surface area contributed by atoms with Gasteiger partial charge < -0.3 is 10.2 Å². The molecule has 0 saturated carbocycles. The van der Waals surface area contributed by atoms with Crippen LogP contribution >= 0.6 is 24.0 Å². The molecule has 4 rings (SSSR count). The van der Waals surface area contributed by atoms with Crippen molar-refractivity contribution < 1.29 is 0 Å². The second kappa shape index (κ2) is 10.7. The van der Waals surface area contributed by atoms with E-state index in [0.717, 1.165) is 54.8 Å². The molecule has 2 aromatic heterocycles. The van der Waals surface area contributed by atoms with Gasteiger partial charge in [0.15, 0.2) is 11.8 Å². The standard InChI is InChI=1S/C24H30N6.HI/c1-4-25-24(29-13-12-22(17-29)21-8-6-5-7-9-21)27-16-20-10-11-23(26-15-20)30-19(3)14-18(2)28-30;/h5-11,14-15,22H,4,12-13,16-17H2,1-3H3,(H,25,27);1H. The summed E-state index contributed by atoms with van der Waals surface area (Å²) in [4.78, 5) is 11.9. The molecule has 7 heteroatoms. The fourth-order valence-electron chi connectivity index (χ4n) is 4.04. The van der Waals surface area contributed by atoms with E-state index in [1.165, 1.54) is 5.56 Å². The third-order valence-corrected chi connectivity index (χ3v) is 5.54. The average Bonchev–Trinajstić information content (AvgIpc) is 3.38. The molecule has 31 heavy (non-hydrogen) atoms. The summed E-state index contributed by atoms with van der Waals surface area (Å²) in [7, 11) is 0. The molecule has 0 amide bonds. The minimum Gasteiger partial charge on any atom is -0.357 e. The third kappa shape index (κ3) is 5.64. The minimum atomic E-state index is 0. The third-order valence-electron chi connectivity index (χ3n) is 5.54. The van der Waals surface area contributed by atoms with Gasteiger partial charge in [0.05, 0.1) is 12.2 Å². The maximum atomic E-state index is 4.89. The summed E-state index contributed by atoms with van der Waals surface area (Å²) in [5.41, 5.74) is 4.59. The normalized spacial score (nSPS) is 16.3. The SMILES string of the molecule is CCNC(=NCc1ccc(-n2nc(C)cc2C)nc1)N1CCC(c2ccccc2)C1.I. The highest BCUT2D eigenvalue weighted by molar-refractivity contribution is 14.0. The summed E-state index contributed by atoms with van der Waals surface area (Å²) in [5, 5.41) is 7.96. The fraction of sp³-hybridized carbons (Fsp3) is 0.375. The van der Waals surface area contributed by atoms with Crippen molar-refractivity contribution in [2.45, 2.75) is 39.7 Å². The molecular formula is C24H31IN6. The van der Waals surface area contributed by atoms with Gasteiger partial charge in [-0.05, 0) is 50.5 Å². The van der Waals surface area contributed by atoms with Crippen LogP contribution < -0.4 is 5.32 Å². The number of aromatic nitrogens is 3. The van der Waals surface area contributed by atoms with Gasteiger partial charge >= 0.3 is 0 Å². The highest BCUT2D eigenvalue weighted by atomic mass is 127. The van der Waals surface area contributed by atoms with Crippen molar-refractivity contribution >= 4 is 29.9 Å². The largest absolute Gasteiger partial charge is 0.357 e. The Balaban J connectivity index is 0.00000272. The van der Waals surface area contributed by atoms with Gasteiger partial charge in [0.2, 0.25) is 0 Å². The maximum absolute atomic E-state index is 4.89. The summed E-state index contributed by atoms with van der Waals surface area (Å²) in [6, 6.07) is 16.9. The van der Waals surface area contributed by atoms with E-state index in [2.05, 4.69) is 69.7 Å². The number of rotatable bonds is 5. The molecule has 1 aliphatic rings. The number of hydrogen-bond donors (Lipinski definition) is 1. The van der Waals surface area contributed by atoms with Crippen LogP contribution in [0.4, 0.5) is 0 Å². The van der Waals surface area contributed by atoms with Crippen LogP contribution in [0.15, 0.2) is 59.7 Å². The van der Waals surface area contributed by atoms with E-state index in [0.29, 0.717) is 12.5 Å². The molecule has 1 unspecified atom stereocenters. The van der Waals surface area contributed by atoms with Crippen molar-refractivity contribution in [3.63, 3.8) is 0 Å². The highest BCUT2D eigenvalue weighted by Gasteiger charge is 2.25. The van der Waals surface area contributed by atoms with Crippen LogP contribution in [-0.2, 0) is 6.54 Å². The summed E-state index contributed by atoms with van der Waals surface area (Å²) in [6.07, 6.45) is 3.06. The number of hydrogen-bond acceptors (Lipinski definition) is 3. The van der Waals surface area contributed by atoms with Crippen molar-refractivity contribution in [3.05, 3.63) is 77.2 Å². The lowest BCUT2D eigenvalue weighted by Gasteiger charge is -2.21. The van der Waals surface area contributed by atoms with E-state index < -0.39 is 0 Å². The molecule has 1 atom stereocenters. The predicted octanol–water partition coefficient (Wildman–Crippen LogP) is 4.46. The molecule has 0 radical (unpaired) electrons. The van der Waals surface area contributed by atoms with E-state index in [-0.39, 0.29) is 24.0 Å². The van der Waals surface area contributed by atoms with Gasteiger partial charge in [0, 0.05) is 37.4 Å². The van der Waals surface area contributed by atoms with Gasteiger partial charge in [0.1, 0.15) is 0 Å². The van der Waals surface area contributed by atoms with E-state index in [1.54, 1.807) is 0 Å². The molecule has 1 N–H and O–H groups in total. The van der Waals surface area contributed by atoms with Gasteiger partial charge in [-0.15, -0.1) is 24.0 Å². The molecule has 0 spiro atoms. The van der Waals surface area contributed by atoms with E-state index in [1.807, 2.05) is 30.8 Å². The van der Waals surface area contributed by atoms with Crippen molar-refractivity contribution in [2.24, 2.45) is 4.99 Å². The van der Waals surface area contributed by atoms with Gasteiger partial charge in [-0.1, -0.05) is 36.4 Å². The number of aryl methyl sites for hydroxylation is 2. The first-order valence-corrected chi connectivity index (χ1v) is 10.7. The highest BCUT2D eigenvalue weighted by Crippen LogP contribution is 2.27. The number of nitrogens with zero attached hydrogens (tertiary/aromatic N) is 5. The Morgan fingerprint density at radius 3 is 2.61 bits per heavy atom. The first-order chi connectivity index (χ1) is 14.6. The Bertz CT molecular complexity index is 997. The number of aliphatic imine (C=N–C) groups is 1. The van der Waals surface area contributed by atoms with E-state index in [9.17, 15) is 0 Å². The van der Waals surface area contributed by atoms with E-state index >= 15 is 0 Å². The molecule has 1 saturated heterocycles. The summed E-state index contributed by atoms with van der Waals surface area (Å²) >= 11 is 0. The zero-order chi connectivity index (χ0) is 20.9. The second-order valence-corrected chi connectivity index (χ2v) is 7.88. The Hall–Kier alpha value is -2.42. The lowest BCUT2D eigenvalue weighted by Crippen LogP contribution is -2.40. The Labute approximate surface area is 201 Å². The van der Waals surface area contributed by atoms with Crippen LogP contribution in [0.5, 0.6) is 0 Å². The molecule has 164 valence electrons. The predicted molar refractivity (Wildman–Crippen MR) is 136 cm³/mol. The van der Waals surface area contributed by atoms with Crippen molar-refractivity contribution in [3.8, 4) is 5.82 Å². The van der Waals surface area contributed by atoms with Crippen LogP contribution in [0.3, 0.4) is 0 Å². The van der Waals surface area contributed by atoms with Crippen molar-refractivity contribution in [2.75, 3.05) is 19.6 Å². The molecule has 6 nitrogen and oxygen atoms in total. The Morgan fingerprint density at radius 1 is 1.16 bits per heavy atom. The zero-order valence-electron chi connectivity index (χ0n) is 18.5. The second-order valence-electron chi connectivity index (χ2n) is 7.88. The summed E-state index contributed by atoms with van der Waals surface area (Å²) in [6.45, 7) is 9.66. The average molecular weight is 530 g/mol. The molecular weight excluding hydrogens is 499 g/mol. The first kappa shape index (κ1) is 23.2. The maximum Gasteiger partial charge on any atom is 0.194 e. The molecule has 3 heterocycles. The van der Waals surface area contributed by atoms with Crippen LogP contribution in [0.2, 0.25) is 0 Å². The molecule has 3 aromatic rings. The quantitative estimate of drug-likeness (QED) is 0.301. The van der Waals surface area contributed by atoms with Crippen LogP contribution in [0.25, 0.3) is 5.82 Å². The number of guanidine groups is 1. The molecule has 0 bridgehead atoms. The minimum absolute atomic E-state index is 0. The van der Waals surface area contributed by atoms with Crippen LogP contribution in [0, 0.1) is 13.8 Å². The lowest BCUT2D eigenvalue weighted by molar-refractivity contribution is 0.486.